The Balaban J connectivity index is 1.41. The summed E-state index contributed by atoms with van der Waals surface area (Å²) in [6.45, 7) is 0.411. The van der Waals surface area contributed by atoms with Gasteiger partial charge in [-0.05, 0) is 41.7 Å². The smallest absolute Gasteiger partial charge is 0.326 e. The molecule has 0 unspecified atom stereocenters. The molecule has 1 saturated carbocycles. The number of nitrogens with zero attached hydrogens (tertiary/aromatic N) is 6. The minimum atomic E-state index is -0.515. The molecule has 182 valence electrons. The number of rotatable bonds is 6. The Labute approximate surface area is 209 Å². The molecule has 0 amide bonds. The number of nitrogens with one attached hydrogen (secondary N) is 3. The highest BCUT2D eigenvalue weighted by molar-refractivity contribution is 5.73. The van der Waals surface area contributed by atoms with Gasteiger partial charge >= 0.3 is 5.69 Å². The van der Waals surface area contributed by atoms with Gasteiger partial charge in [-0.1, -0.05) is 42.5 Å². The predicted octanol–water partition coefficient (Wildman–Crippen LogP) is 1.61. The summed E-state index contributed by atoms with van der Waals surface area (Å²) in [7, 11) is 0. The fraction of sp³-hybridized carbons (Fsp3) is 0.154. The molecule has 11 heteroatoms. The number of aromatic nitrogens is 6. The van der Waals surface area contributed by atoms with Crippen LogP contribution in [0.25, 0.3) is 22.9 Å². The van der Waals surface area contributed by atoms with Crippen LogP contribution < -0.4 is 21.8 Å². The monoisotopic (exact) mass is 491 g/mol. The zero-order chi connectivity index (χ0) is 25.4. The molecule has 1 aliphatic carbocycles. The number of aromatic amines is 2. The zero-order valence-electron chi connectivity index (χ0n) is 19.5. The summed E-state index contributed by atoms with van der Waals surface area (Å²) in [5, 5.41) is 27.8. The van der Waals surface area contributed by atoms with Gasteiger partial charge in [0.05, 0.1) is 23.9 Å². The number of benzene rings is 2. The minimum absolute atomic E-state index is 0.205. The molecule has 0 atom stereocenters. The first kappa shape index (κ1) is 22.2. The number of hydrogen-bond acceptors (Lipinski definition) is 8. The van der Waals surface area contributed by atoms with Crippen molar-refractivity contribution in [3.05, 3.63) is 92.9 Å². The first-order chi connectivity index (χ1) is 18.1. The summed E-state index contributed by atoms with van der Waals surface area (Å²) in [6.07, 6.45) is 5.16. The van der Waals surface area contributed by atoms with Crippen LogP contribution in [-0.4, -0.2) is 40.7 Å². The second-order valence-electron chi connectivity index (χ2n) is 8.70. The SMILES string of the molecule is N#Cc1ccccc1-c1ccccc1CNc1nc(=NC2CC2)n2ncc(=Cc3[nH]c(=O)[nH]c3O)c2n1. The van der Waals surface area contributed by atoms with Crippen LogP contribution >= 0.6 is 0 Å². The van der Waals surface area contributed by atoms with E-state index in [1.54, 1.807) is 22.9 Å². The molecule has 1 aliphatic rings. The van der Waals surface area contributed by atoms with Crippen LogP contribution in [-0.2, 0) is 6.54 Å². The lowest BCUT2D eigenvalue weighted by Gasteiger charge is -2.12. The first-order valence-corrected chi connectivity index (χ1v) is 11.7. The van der Waals surface area contributed by atoms with Crippen molar-refractivity contribution in [2.24, 2.45) is 4.99 Å². The molecule has 0 aliphatic heterocycles. The summed E-state index contributed by atoms with van der Waals surface area (Å²) in [5.74, 6) is 0.0890. The van der Waals surface area contributed by atoms with Gasteiger partial charge in [-0.25, -0.2) is 9.79 Å². The van der Waals surface area contributed by atoms with Crippen LogP contribution in [0.4, 0.5) is 5.95 Å². The maximum atomic E-state index is 11.5. The maximum absolute atomic E-state index is 11.5. The van der Waals surface area contributed by atoms with Crippen molar-refractivity contribution in [3.63, 3.8) is 0 Å². The fourth-order valence-electron chi connectivity index (χ4n) is 4.09. The third kappa shape index (κ3) is 4.43. The first-order valence-electron chi connectivity index (χ1n) is 11.7. The normalized spacial score (nSPS) is 14.2. The van der Waals surface area contributed by atoms with Crippen LogP contribution in [0.15, 0.2) is 64.5 Å². The Morgan fingerprint density at radius 3 is 2.68 bits per heavy atom. The lowest BCUT2D eigenvalue weighted by atomic mass is 9.96. The van der Waals surface area contributed by atoms with Gasteiger partial charge in [-0.2, -0.15) is 24.8 Å². The topological polar surface area (TPSA) is 160 Å². The molecule has 3 aromatic heterocycles. The number of nitriles is 1. The predicted molar refractivity (Wildman–Crippen MR) is 135 cm³/mol. The van der Waals surface area contributed by atoms with Crippen molar-refractivity contribution in [2.45, 2.75) is 25.4 Å². The van der Waals surface area contributed by atoms with Gasteiger partial charge in [0.1, 0.15) is 5.69 Å². The Bertz CT molecular complexity index is 1860. The number of imidazole rings is 1. The van der Waals surface area contributed by atoms with E-state index in [9.17, 15) is 15.2 Å². The molecule has 3 heterocycles. The van der Waals surface area contributed by atoms with Crippen LogP contribution in [0.3, 0.4) is 0 Å². The highest BCUT2D eigenvalue weighted by Crippen LogP contribution is 2.27. The van der Waals surface area contributed by atoms with E-state index >= 15 is 0 Å². The quantitative estimate of drug-likeness (QED) is 0.281. The second-order valence-corrected chi connectivity index (χ2v) is 8.70. The number of aromatic hydroxyl groups is 1. The molecule has 37 heavy (non-hydrogen) atoms. The van der Waals surface area contributed by atoms with E-state index in [4.69, 9.17) is 4.99 Å². The zero-order valence-corrected chi connectivity index (χ0v) is 19.5. The lowest BCUT2D eigenvalue weighted by molar-refractivity contribution is 0.454. The van der Waals surface area contributed by atoms with Crippen molar-refractivity contribution in [1.82, 2.24) is 29.5 Å². The standard InChI is InChI=1S/C26H21N9O2/c27-12-15-5-1-3-7-19(15)20-8-4-2-6-16(20)13-28-24-32-22-17(11-21-23(36)33-26(37)31-21)14-29-35(22)25(34-24)30-18-9-10-18/h1-8,11,14,18,36H,9-10,13H2,(H,28,30,34)(H2,31,33,37). The third-order valence-electron chi connectivity index (χ3n) is 6.05. The highest BCUT2D eigenvalue weighted by atomic mass is 16.3. The molecule has 0 spiro atoms. The van der Waals surface area contributed by atoms with Gasteiger partial charge in [0.2, 0.25) is 11.8 Å². The van der Waals surface area contributed by atoms with E-state index in [-0.39, 0.29) is 17.6 Å². The van der Waals surface area contributed by atoms with Crippen molar-refractivity contribution in [3.8, 4) is 23.1 Å². The average Bonchev–Trinajstić information content (AvgIpc) is 3.55. The maximum Gasteiger partial charge on any atom is 0.326 e. The fourth-order valence-corrected chi connectivity index (χ4v) is 4.09. The number of hydrogen-bond donors (Lipinski definition) is 4. The largest absolute Gasteiger partial charge is 0.493 e. The third-order valence-corrected chi connectivity index (χ3v) is 6.05. The summed E-state index contributed by atoms with van der Waals surface area (Å²) in [4.78, 5) is 30.3. The van der Waals surface area contributed by atoms with Crippen molar-refractivity contribution < 1.29 is 5.11 Å². The molecule has 5 aromatic rings. The van der Waals surface area contributed by atoms with Gasteiger partial charge in [0.25, 0.3) is 5.62 Å². The molecule has 1 fully saturated rings. The van der Waals surface area contributed by atoms with Gasteiger partial charge in [-0.15, -0.1) is 0 Å². The summed E-state index contributed by atoms with van der Waals surface area (Å²) < 4.78 is 1.55. The summed E-state index contributed by atoms with van der Waals surface area (Å²) in [6, 6.07) is 17.8. The van der Waals surface area contributed by atoms with Gasteiger partial charge in [0.15, 0.2) is 5.65 Å². The molecular weight excluding hydrogens is 470 g/mol. The van der Waals surface area contributed by atoms with Gasteiger partial charge in [-0.3, -0.25) is 4.98 Å². The molecule has 4 N–H and O–H groups in total. The van der Waals surface area contributed by atoms with Crippen LogP contribution in [0.5, 0.6) is 5.88 Å². The molecule has 0 bridgehead atoms. The van der Waals surface area contributed by atoms with Crippen LogP contribution in [0.1, 0.15) is 29.7 Å². The number of fused-ring (bicyclic) bond motifs is 1. The van der Waals surface area contributed by atoms with E-state index in [1.807, 2.05) is 42.5 Å². The van der Waals surface area contributed by atoms with Crippen molar-refractivity contribution >= 4 is 17.7 Å². The Morgan fingerprint density at radius 1 is 1.14 bits per heavy atom. The van der Waals surface area contributed by atoms with Crippen LogP contribution in [0, 0.1) is 11.3 Å². The molecular formula is C26H21N9O2. The Kier molecular flexibility index (Phi) is 5.46. The Hall–Kier alpha value is -5.24. The average molecular weight is 492 g/mol. The van der Waals surface area contributed by atoms with Crippen LogP contribution in [0.2, 0.25) is 0 Å². The van der Waals surface area contributed by atoms with E-state index in [0.29, 0.717) is 34.5 Å². The molecule has 0 radical (unpaired) electrons. The van der Waals surface area contributed by atoms with Gasteiger partial charge in [0, 0.05) is 11.8 Å². The van der Waals surface area contributed by atoms with Crippen molar-refractivity contribution in [1.29, 1.82) is 5.26 Å². The summed E-state index contributed by atoms with van der Waals surface area (Å²) >= 11 is 0. The van der Waals surface area contributed by atoms with E-state index in [1.165, 1.54) is 0 Å². The van der Waals surface area contributed by atoms with Gasteiger partial charge < -0.3 is 15.4 Å². The van der Waals surface area contributed by atoms with E-state index < -0.39 is 5.69 Å². The number of H-pyrrole nitrogens is 2. The van der Waals surface area contributed by atoms with Crippen molar-refractivity contribution in [2.75, 3.05) is 5.32 Å². The molecule has 2 aromatic carbocycles. The minimum Gasteiger partial charge on any atom is -0.493 e. The lowest BCUT2D eigenvalue weighted by Crippen LogP contribution is -2.24. The molecule has 0 saturated heterocycles. The molecule has 6 rings (SSSR count). The second kappa shape index (κ2) is 9.09. The Morgan fingerprint density at radius 2 is 1.92 bits per heavy atom. The highest BCUT2D eigenvalue weighted by Gasteiger charge is 2.21. The van der Waals surface area contributed by atoms with E-state index in [2.05, 4.69) is 36.4 Å². The molecule has 11 nitrogen and oxygen atoms in total. The van der Waals surface area contributed by atoms with E-state index in [0.717, 1.165) is 29.5 Å². The summed E-state index contributed by atoms with van der Waals surface area (Å²) in [5.41, 5.74) is 3.98. The number of anilines is 1.